The summed E-state index contributed by atoms with van der Waals surface area (Å²) >= 11 is 0. The lowest BCUT2D eigenvalue weighted by Gasteiger charge is -2.24. The van der Waals surface area contributed by atoms with Crippen molar-refractivity contribution in [1.82, 2.24) is 0 Å². The van der Waals surface area contributed by atoms with E-state index < -0.39 is 23.8 Å². The van der Waals surface area contributed by atoms with Crippen molar-refractivity contribution < 1.29 is 26.7 Å². The number of Topliss-reactive ketones (excluding diaryl/α,β-unsaturated/α-hetero) is 1. The van der Waals surface area contributed by atoms with Gasteiger partial charge in [-0.25, -0.2) is 0 Å². The Kier molecular flexibility index (Phi) is 2.34. The van der Waals surface area contributed by atoms with Gasteiger partial charge in [0, 0.05) is 6.42 Å². The lowest BCUT2D eigenvalue weighted by molar-refractivity contribution is -0.297. The minimum atomic E-state index is -5.61. The van der Waals surface area contributed by atoms with Crippen LogP contribution >= 0.6 is 0 Å². The first-order valence-corrected chi connectivity index (χ1v) is 3.74. The van der Waals surface area contributed by atoms with Crippen molar-refractivity contribution in [3.63, 3.8) is 0 Å². The number of carbonyl (C=O) groups is 1. The van der Waals surface area contributed by atoms with Crippen LogP contribution in [0.2, 0.25) is 0 Å². The molecule has 0 aromatic carbocycles. The van der Waals surface area contributed by atoms with E-state index in [2.05, 4.69) is 0 Å². The third-order valence-corrected chi connectivity index (χ3v) is 2.12. The summed E-state index contributed by atoms with van der Waals surface area (Å²) < 4.78 is 60.3. The van der Waals surface area contributed by atoms with Gasteiger partial charge in [-0.05, 0) is 12.8 Å². The van der Waals surface area contributed by atoms with Crippen LogP contribution in [-0.4, -0.2) is 17.9 Å². The van der Waals surface area contributed by atoms with Crippen molar-refractivity contribution in [1.29, 1.82) is 0 Å². The minimum absolute atomic E-state index is 0.120. The zero-order chi connectivity index (χ0) is 10.3. The fourth-order valence-electron chi connectivity index (χ4n) is 1.40. The van der Waals surface area contributed by atoms with E-state index in [1.54, 1.807) is 0 Å². The molecular formula is C7H7F5O. The van der Waals surface area contributed by atoms with E-state index >= 15 is 0 Å². The average Bonchev–Trinajstić information content (AvgIpc) is 2.32. The zero-order valence-corrected chi connectivity index (χ0v) is 6.50. The number of hydrogen-bond donors (Lipinski definition) is 0. The molecule has 1 aliphatic rings. The predicted molar refractivity (Wildman–Crippen MR) is 33.4 cm³/mol. The molecule has 1 aliphatic carbocycles. The van der Waals surface area contributed by atoms with Crippen LogP contribution in [-0.2, 0) is 4.79 Å². The molecule has 1 rings (SSSR count). The van der Waals surface area contributed by atoms with Gasteiger partial charge in [0.25, 0.3) is 0 Å². The molecule has 6 heteroatoms. The molecule has 1 saturated carbocycles. The van der Waals surface area contributed by atoms with Crippen LogP contribution in [0.15, 0.2) is 0 Å². The van der Waals surface area contributed by atoms with Gasteiger partial charge in [-0.1, -0.05) is 0 Å². The summed E-state index contributed by atoms with van der Waals surface area (Å²) in [6.07, 6.45) is -6.03. The molecule has 13 heavy (non-hydrogen) atoms. The lowest BCUT2D eigenvalue weighted by Crippen LogP contribution is -2.45. The Hall–Kier alpha value is -0.680. The second kappa shape index (κ2) is 2.92. The van der Waals surface area contributed by atoms with Gasteiger partial charge < -0.3 is 0 Å². The largest absolute Gasteiger partial charge is 0.454 e. The number of halogens is 5. The van der Waals surface area contributed by atoms with Crippen LogP contribution < -0.4 is 0 Å². The van der Waals surface area contributed by atoms with Gasteiger partial charge in [0.05, 0.1) is 5.92 Å². The Balaban J connectivity index is 2.86. The second-order valence-electron chi connectivity index (χ2n) is 3.03. The van der Waals surface area contributed by atoms with E-state index in [1.165, 1.54) is 0 Å². The van der Waals surface area contributed by atoms with Crippen LogP contribution in [0.25, 0.3) is 0 Å². The topological polar surface area (TPSA) is 17.1 Å². The maximum absolute atomic E-state index is 12.5. The van der Waals surface area contributed by atoms with E-state index in [0.717, 1.165) is 0 Å². The zero-order valence-electron chi connectivity index (χ0n) is 6.50. The highest BCUT2D eigenvalue weighted by molar-refractivity contribution is 5.83. The Labute approximate surface area is 70.9 Å². The van der Waals surface area contributed by atoms with Gasteiger partial charge in [0.2, 0.25) is 0 Å². The first-order valence-electron chi connectivity index (χ1n) is 3.74. The van der Waals surface area contributed by atoms with Crippen molar-refractivity contribution >= 4 is 5.78 Å². The van der Waals surface area contributed by atoms with Crippen molar-refractivity contribution in [2.45, 2.75) is 31.4 Å². The number of hydrogen-bond acceptors (Lipinski definition) is 1. The summed E-state index contributed by atoms with van der Waals surface area (Å²) in [6.45, 7) is 0. The van der Waals surface area contributed by atoms with Gasteiger partial charge in [0.1, 0.15) is 5.78 Å². The third kappa shape index (κ3) is 1.66. The molecule has 0 amide bonds. The van der Waals surface area contributed by atoms with E-state index in [-0.39, 0.29) is 19.3 Å². The van der Waals surface area contributed by atoms with Crippen LogP contribution in [0.5, 0.6) is 0 Å². The third-order valence-electron chi connectivity index (χ3n) is 2.12. The monoisotopic (exact) mass is 202 g/mol. The summed E-state index contributed by atoms with van der Waals surface area (Å²) in [6, 6.07) is 0. The van der Waals surface area contributed by atoms with Crippen LogP contribution in [0.1, 0.15) is 19.3 Å². The summed E-state index contributed by atoms with van der Waals surface area (Å²) in [7, 11) is 0. The number of carbonyl (C=O) groups excluding carboxylic acids is 1. The Morgan fingerprint density at radius 2 is 1.69 bits per heavy atom. The highest BCUT2D eigenvalue weighted by atomic mass is 19.4. The maximum atomic E-state index is 12.5. The quantitative estimate of drug-likeness (QED) is 0.597. The fourth-order valence-corrected chi connectivity index (χ4v) is 1.40. The highest BCUT2D eigenvalue weighted by Crippen LogP contribution is 2.45. The van der Waals surface area contributed by atoms with Crippen molar-refractivity contribution in [3.05, 3.63) is 0 Å². The van der Waals surface area contributed by atoms with E-state index in [4.69, 9.17) is 0 Å². The molecule has 0 aromatic rings. The van der Waals surface area contributed by atoms with Gasteiger partial charge in [-0.15, -0.1) is 0 Å². The molecule has 0 heterocycles. The SMILES string of the molecule is O=C1CCCC1C(F)(F)C(F)(F)F. The Morgan fingerprint density at radius 1 is 1.15 bits per heavy atom. The Bertz CT molecular complexity index is 219. The van der Waals surface area contributed by atoms with Crippen molar-refractivity contribution in [2.24, 2.45) is 5.92 Å². The highest BCUT2D eigenvalue weighted by Gasteiger charge is 2.64. The van der Waals surface area contributed by atoms with Crippen molar-refractivity contribution in [3.8, 4) is 0 Å². The van der Waals surface area contributed by atoms with E-state index in [1.807, 2.05) is 0 Å². The molecule has 0 aliphatic heterocycles. The van der Waals surface area contributed by atoms with Gasteiger partial charge in [-0.3, -0.25) is 4.79 Å². The van der Waals surface area contributed by atoms with E-state index in [0.29, 0.717) is 0 Å². The molecule has 0 saturated heterocycles. The summed E-state index contributed by atoms with van der Waals surface area (Å²) in [5, 5.41) is 0. The molecule has 0 radical (unpaired) electrons. The van der Waals surface area contributed by atoms with Crippen LogP contribution in [0, 0.1) is 5.92 Å². The molecule has 0 bridgehead atoms. The molecule has 1 unspecified atom stereocenters. The smallest absolute Gasteiger partial charge is 0.299 e. The Morgan fingerprint density at radius 3 is 2.00 bits per heavy atom. The average molecular weight is 202 g/mol. The van der Waals surface area contributed by atoms with Gasteiger partial charge in [0.15, 0.2) is 0 Å². The predicted octanol–water partition coefficient (Wildman–Crippen LogP) is 2.55. The van der Waals surface area contributed by atoms with Crippen molar-refractivity contribution in [2.75, 3.05) is 0 Å². The first kappa shape index (κ1) is 10.4. The summed E-state index contributed by atoms with van der Waals surface area (Å²) in [5.74, 6) is -8.00. The van der Waals surface area contributed by atoms with Gasteiger partial charge in [-0.2, -0.15) is 22.0 Å². The standard InChI is InChI=1S/C7H7F5O/c8-6(9,7(10,11)12)4-2-1-3-5(4)13/h4H,1-3H2. The number of rotatable bonds is 1. The molecule has 1 atom stereocenters. The molecule has 0 N–H and O–H groups in total. The molecule has 1 fully saturated rings. The first-order chi connectivity index (χ1) is 5.77. The molecular weight excluding hydrogens is 195 g/mol. The normalized spacial score (nSPS) is 25.3. The lowest BCUT2D eigenvalue weighted by atomic mass is 9.98. The fraction of sp³-hybridized carbons (Fsp3) is 0.857. The maximum Gasteiger partial charge on any atom is 0.454 e. The minimum Gasteiger partial charge on any atom is -0.299 e. The summed E-state index contributed by atoms with van der Waals surface area (Å²) in [5.41, 5.74) is 0. The van der Waals surface area contributed by atoms with Crippen LogP contribution in [0.4, 0.5) is 22.0 Å². The number of ketones is 1. The molecule has 0 spiro atoms. The molecule has 0 aromatic heterocycles. The van der Waals surface area contributed by atoms with Gasteiger partial charge >= 0.3 is 12.1 Å². The second-order valence-corrected chi connectivity index (χ2v) is 3.03. The summed E-state index contributed by atoms with van der Waals surface area (Å²) in [4.78, 5) is 10.7. The number of alkyl halides is 5. The van der Waals surface area contributed by atoms with E-state index in [9.17, 15) is 26.7 Å². The molecule has 76 valence electrons. The molecule has 1 nitrogen and oxygen atoms in total. The van der Waals surface area contributed by atoms with Crippen LogP contribution in [0.3, 0.4) is 0 Å².